The number of halogens is 2. The molecule has 6 heteroatoms. The number of para-hydroxylation sites is 1. The van der Waals surface area contributed by atoms with E-state index in [9.17, 15) is 9.18 Å². The molecule has 0 radical (unpaired) electrons. The molecule has 0 aliphatic rings. The van der Waals surface area contributed by atoms with Gasteiger partial charge in [0, 0.05) is 12.1 Å². The van der Waals surface area contributed by atoms with Crippen LogP contribution < -0.4 is 4.80 Å². The van der Waals surface area contributed by atoms with Crippen molar-refractivity contribution in [3.05, 3.63) is 63.7 Å². The van der Waals surface area contributed by atoms with E-state index in [1.165, 1.54) is 35.6 Å². The van der Waals surface area contributed by atoms with E-state index < -0.39 is 5.91 Å². The Morgan fingerprint density at radius 1 is 1.27 bits per heavy atom. The maximum absolute atomic E-state index is 12.9. The van der Waals surface area contributed by atoms with Crippen LogP contribution in [0.25, 0.3) is 10.2 Å². The lowest BCUT2D eigenvalue weighted by Gasteiger charge is -2.01. The molecule has 0 unspecified atom stereocenters. The molecule has 2 aromatic carbocycles. The molecular weight excluding hydrogens is 323 g/mol. The normalized spacial score (nSPS) is 12.0. The highest BCUT2D eigenvalue weighted by Crippen LogP contribution is 2.25. The maximum Gasteiger partial charge on any atom is 0.279 e. The van der Waals surface area contributed by atoms with Gasteiger partial charge in [-0.2, -0.15) is 4.99 Å². The zero-order valence-corrected chi connectivity index (χ0v) is 13.3. The molecule has 1 aromatic heterocycles. The molecule has 0 spiro atoms. The monoisotopic (exact) mass is 334 g/mol. The number of benzene rings is 2. The summed E-state index contributed by atoms with van der Waals surface area (Å²) in [6.07, 6.45) is 0. The van der Waals surface area contributed by atoms with Crippen LogP contribution in [0.15, 0.2) is 47.5 Å². The van der Waals surface area contributed by atoms with Crippen LogP contribution in [-0.4, -0.2) is 10.5 Å². The van der Waals surface area contributed by atoms with Crippen LogP contribution in [0.2, 0.25) is 5.02 Å². The van der Waals surface area contributed by atoms with E-state index >= 15 is 0 Å². The van der Waals surface area contributed by atoms with Crippen molar-refractivity contribution in [3.63, 3.8) is 0 Å². The average molecular weight is 335 g/mol. The highest BCUT2D eigenvalue weighted by Gasteiger charge is 2.10. The summed E-state index contributed by atoms with van der Waals surface area (Å²) in [4.78, 5) is 17.0. The Bertz CT molecular complexity index is 912. The van der Waals surface area contributed by atoms with Crippen LogP contribution in [0.1, 0.15) is 17.3 Å². The molecule has 0 saturated heterocycles. The Balaban J connectivity index is 2.15. The number of carbonyl (C=O) groups excluding carboxylic acids is 1. The first-order valence-electron chi connectivity index (χ1n) is 6.72. The first kappa shape index (κ1) is 14.9. The predicted molar refractivity (Wildman–Crippen MR) is 86.8 cm³/mol. The van der Waals surface area contributed by atoms with Gasteiger partial charge in [0.05, 0.1) is 15.2 Å². The number of rotatable bonds is 2. The van der Waals surface area contributed by atoms with Crippen molar-refractivity contribution < 1.29 is 9.18 Å². The molecule has 3 nitrogen and oxygen atoms in total. The van der Waals surface area contributed by atoms with Crippen molar-refractivity contribution >= 4 is 39.1 Å². The minimum absolute atomic E-state index is 0.354. The van der Waals surface area contributed by atoms with E-state index in [2.05, 4.69) is 4.99 Å². The fourth-order valence-corrected chi connectivity index (χ4v) is 3.66. The van der Waals surface area contributed by atoms with Crippen LogP contribution in [0.4, 0.5) is 4.39 Å². The Labute approximate surface area is 135 Å². The van der Waals surface area contributed by atoms with Gasteiger partial charge in [0.15, 0.2) is 4.80 Å². The molecule has 22 heavy (non-hydrogen) atoms. The van der Waals surface area contributed by atoms with Crippen molar-refractivity contribution in [1.29, 1.82) is 0 Å². The number of hydrogen-bond donors (Lipinski definition) is 0. The van der Waals surface area contributed by atoms with Crippen molar-refractivity contribution in [2.45, 2.75) is 13.5 Å². The number of hydrogen-bond acceptors (Lipinski definition) is 2. The highest BCUT2D eigenvalue weighted by atomic mass is 35.5. The number of aryl methyl sites for hydroxylation is 1. The molecule has 0 saturated carbocycles. The van der Waals surface area contributed by atoms with Crippen LogP contribution in [0, 0.1) is 5.82 Å². The Morgan fingerprint density at radius 2 is 2.00 bits per heavy atom. The molecule has 0 N–H and O–H groups in total. The molecule has 1 amide bonds. The van der Waals surface area contributed by atoms with Gasteiger partial charge in [-0.3, -0.25) is 4.79 Å². The van der Waals surface area contributed by atoms with Crippen molar-refractivity contribution in [2.75, 3.05) is 0 Å². The van der Waals surface area contributed by atoms with E-state index in [1.54, 1.807) is 0 Å². The Hall–Kier alpha value is -1.98. The molecule has 3 rings (SSSR count). The van der Waals surface area contributed by atoms with Crippen molar-refractivity contribution in [3.8, 4) is 0 Å². The van der Waals surface area contributed by atoms with E-state index in [-0.39, 0.29) is 5.82 Å². The minimum Gasteiger partial charge on any atom is -0.315 e. The molecule has 112 valence electrons. The maximum atomic E-state index is 12.9. The molecule has 0 atom stereocenters. The summed E-state index contributed by atoms with van der Waals surface area (Å²) in [5, 5.41) is 0.631. The van der Waals surface area contributed by atoms with Crippen LogP contribution in [0.5, 0.6) is 0 Å². The standard InChI is InChI=1S/C16H12ClFN2OS/c1-2-20-14-12(17)4-3-5-13(14)22-16(20)19-15(21)10-6-8-11(18)9-7-10/h3-9H,2H2,1H3. The Kier molecular flexibility index (Phi) is 4.09. The predicted octanol–water partition coefficient (Wildman–Crippen LogP) is 4.26. The number of amides is 1. The van der Waals surface area contributed by atoms with Crippen molar-refractivity contribution in [1.82, 2.24) is 4.57 Å². The van der Waals surface area contributed by atoms with E-state index in [0.717, 1.165) is 10.2 Å². The number of nitrogens with zero attached hydrogens (tertiary/aromatic N) is 2. The lowest BCUT2D eigenvalue weighted by molar-refractivity contribution is 0.0998. The smallest absolute Gasteiger partial charge is 0.279 e. The van der Waals surface area contributed by atoms with Gasteiger partial charge < -0.3 is 4.57 Å². The van der Waals surface area contributed by atoms with Gasteiger partial charge in [0.1, 0.15) is 5.82 Å². The summed E-state index contributed by atoms with van der Waals surface area (Å²) in [5.74, 6) is -0.779. The summed E-state index contributed by atoms with van der Waals surface area (Å²) >= 11 is 7.65. The van der Waals surface area contributed by atoms with Gasteiger partial charge in [-0.1, -0.05) is 29.0 Å². The van der Waals surface area contributed by atoms with Crippen LogP contribution >= 0.6 is 22.9 Å². The quantitative estimate of drug-likeness (QED) is 0.689. The van der Waals surface area contributed by atoms with Gasteiger partial charge in [0.25, 0.3) is 5.91 Å². The summed E-state index contributed by atoms with van der Waals surface area (Å²) in [7, 11) is 0. The van der Waals surface area contributed by atoms with E-state index in [4.69, 9.17) is 11.6 Å². The average Bonchev–Trinajstić information content (AvgIpc) is 2.86. The first-order chi connectivity index (χ1) is 10.6. The summed E-state index contributed by atoms with van der Waals surface area (Å²) in [6.45, 7) is 2.62. The van der Waals surface area contributed by atoms with Gasteiger partial charge in [-0.15, -0.1) is 0 Å². The second-order valence-electron chi connectivity index (χ2n) is 4.64. The second-order valence-corrected chi connectivity index (χ2v) is 6.06. The van der Waals surface area contributed by atoms with Crippen LogP contribution in [0.3, 0.4) is 0 Å². The van der Waals surface area contributed by atoms with E-state index in [0.29, 0.717) is 21.9 Å². The van der Waals surface area contributed by atoms with E-state index in [1.807, 2.05) is 29.7 Å². The zero-order valence-electron chi connectivity index (χ0n) is 11.7. The third-order valence-electron chi connectivity index (χ3n) is 3.26. The van der Waals surface area contributed by atoms with Gasteiger partial charge >= 0.3 is 0 Å². The zero-order chi connectivity index (χ0) is 15.7. The molecule has 0 fully saturated rings. The van der Waals surface area contributed by atoms with Gasteiger partial charge in [-0.25, -0.2) is 4.39 Å². The number of aromatic nitrogens is 1. The number of fused-ring (bicyclic) bond motifs is 1. The molecule has 0 aliphatic heterocycles. The molecule has 3 aromatic rings. The summed E-state index contributed by atoms with van der Waals surface area (Å²) in [5.41, 5.74) is 1.23. The summed E-state index contributed by atoms with van der Waals surface area (Å²) < 4.78 is 15.8. The van der Waals surface area contributed by atoms with Crippen molar-refractivity contribution in [2.24, 2.45) is 4.99 Å². The molecule has 0 aliphatic carbocycles. The number of carbonyl (C=O) groups is 1. The lowest BCUT2D eigenvalue weighted by atomic mass is 10.2. The Morgan fingerprint density at radius 3 is 2.68 bits per heavy atom. The summed E-state index contributed by atoms with van der Waals surface area (Å²) in [6, 6.07) is 11.0. The largest absolute Gasteiger partial charge is 0.315 e. The minimum atomic E-state index is -0.398. The van der Waals surface area contributed by atoms with Crippen LogP contribution in [-0.2, 0) is 6.54 Å². The van der Waals surface area contributed by atoms with Gasteiger partial charge in [0.2, 0.25) is 0 Å². The SMILES string of the molecule is CCn1c(=NC(=O)c2ccc(F)cc2)sc2cccc(Cl)c21. The first-order valence-corrected chi connectivity index (χ1v) is 7.92. The highest BCUT2D eigenvalue weighted by molar-refractivity contribution is 7.16. The topological polar surface area (TPSA) is 34.4 Å². The molecular formula is C16H12ClFN2OS. The molecule has 1 heterocycles. The lowest BCUT2D eigenvalue weighted by Crippen LogP contribution is -2.16. The third-order valence-corrected chi connectivity index (χ3v) is 4.61. The second kappa shape index (κ2) is 6.02. The fourth-order valence-electron chi connectivity index (χ4n) is 2.21. The third kappa shape index (κ3) is 2.69. The molecule has 0 bridgehead atoms. The number of thiazole rings is 1. The fraction of sp³-hybridized carbons (Fsp3) is 0.125. The van der Waals surface area contributed by atoms with Gasteiger partial charge in [-0.05, 0) is 43.3 Å².